The summed E-state index contributed by atoms with van der Waals surface area (Å²) >= 11 is 3.30. The molecule has 1 fully saturated rings. The van der Waals surface area contributed by atoms with Gasteiger partial charge < -0.3 is 9.32 Å². The minimum absolute atomic E-state index is 0.586. The number of likely N-dealkylation sites (tertiary alicyclic amines) is 1. The number of rotatable bonds is 4. The lowest BCUT2D eigenvalue weighted by Crippen LogP contribution is -3.08. The van der Waals surface area contributed by atoms with Gasteiger partial charge in [-0.1, -0.05) is 6.92 Å². The molecule has 5 rings (SSSR count). The molecule has 1 saturated heterocycles. The molecule has 3 aromatic rings. The van der Waals surface area contributed by atoms with Crippen LogP contribution in [0.1, 0.15) is 42.5 Å². The first kappa shape index (κ1) is 16.6. The van der Waals surface area contributed by atoms with Crippen LogP contribution in [-0.2, 0) is 19.4 Å². The molecule has 0 unspecified atom stereocenters. The number of quaternary nitrogens is 1. The normalized spacial score (nSPS) is 20.7. The van der Waals surface area contributed by atoms with Gasteiger partial charge in [-0.2, -0.15) is 0 Å². The molecule has 2 aliphatic rings. The Morgan fingerprint density at radius 2 is 2.15 bits per heavy atom. The first-order chi connectivity index (χ1) is 12.8. The number of aryl methyl sites for hydroxylation is 1. The van der Waals surface area contributed by atoms with Gasteiger partial charge in [0.2, 0.25) is 0 Å². The van der Waals surface area contributed by atoms with Crippen molar-refractivity contribution in [3.63, 3.8) is 0 Å². The molecule has 6 nitrogen and oxygen atoms in total. The second-order valence-electron chi connectivity index (χ2n) is 7.41. The summed E-state index contributed by atoms with van der Waals surface area (Å²) in [6.07, 6.45) is 7.76. The summed E-state index contributed by atoms with van der Waals surface area (Å²) in [5, 5.41) is 11.2. The fourth-order valence-electron chi connectivity index (χ4n) is 4.02. The third-order valence-corrected chi connectivity index (χ3v) is 7.41. The Labute approximate surface area is 160 Å². The lowest BCUT2D eigenvalue weighted by molar-refractivity contribution is -0.902. The van der Waals surface area contributed by atoms with Gasteiger partial charge in [0.15, 0.2) is 6.54 Å². The molecule has 0 saturated carbocycles. The molecule has 136 valence electrons. The van der Waals surface area contributed by atoms with E-state index in [1.54, 1.807) is 6.33 Å². The maximum Gasteiger partial charge on any atom is 0.283 e. The smallest absolute Gasteiger partial charge is 0.283 e. The number of hydrogen-bond donors (Lipinski definition) is 1. The maximum absolute atomic E-state index is 5.90. The van der Waals surface area contributed by atoms with E-state index in [2.05, 4.69) is 27.1 Å². The minimum atomic E-state index is 0.586. The molecule has 0 bridgehead atoms. The van der Waals surface area contributed by atoms with Crippen LogP contribution in [0.25, 0.3) is 10.2 Å². The van der Waals surface area contributed by atoms with E-state index in [1.165, 1.54) is 64.8 Å². The van der Waals surface area contributed by atoms with E-state index in [1.807, 2.05) is 11.3 Å². The largest absolute Gasteiger partial charge is 0.410 e. The van der Waals surface area contributed by atoms with Crippen LogP contribution in [0.15, 0.2) is 21.0 Å². The van der Waals surface area contributed by atoms with E-state index >= 15 is 0 Å². The molecule has 0 amide bonds. The molecule has 0 spiro atoms. The topological polar surface area (TPSA) is 69.1 Å². The van der Waals surface area contributed by atoms with Gasteiger partial charge in [0.05, 0.1) is 13.1 Å². The van der Waals surface area contributed by atoms with E-state index in [9.17, 15) is 0 Å². The van der Waals surface area contributed by atoms with E-state index in [0.717, 1.165) is 41.1 Å². The average molecular weight is 389 g/mol. The van der Waals surface area contributed by atoms with Crippen LogP contribution in [0.2, 0.25) is 0 Å². The molecule has 26 heavy (non-hydrogen) atoms. The zero-order valence-corrected chi connectivity index (χ0v) is 16.5. The van der Waals surface area contributed by atoms with Crippen molar-refractivity contribution in [1.82, 2.24) is 20.2 Å². The molecule has 1 aliphatic carbocycles. The van der Waals surface area contributed by atoms with E-state index < -0.39 is 0 Å². The van der Waals surface area contributed by atoms with Crippen LogP contribution < -0.4 is 4.90 Å². The zero-order chi connectivity index (χ0) is 17.5. The fourth-order valence-corrected chi connectivity index (χ4v) is 6.24. The predicted molar refractivity (Wildman–Crippen MR) is 101 cm³/mol. The van der Waals surface area contributed by atoms with Crippen molar-refractivity contribution in [2.45, 2.75) is 55.8 Å². The SMILES string of the molecule is C[C@@H]1CCc2c(sc3ncnc(Sc4nnc(C[NH+]5CCCC5)o4)c23)C1. The Morgan fingerprint density at radius 1 is 1.27 bits per heavy atom. The van der Waals surface area contributed by atoms with Crippen molar-refractivity contribution in [3.8, 4) is 0 Å². The molecule has 1 aliphatic heterocycles. The quantitative estimate of drug-likeness (QED) is 0.693. The van der Waals surface area contributed by atoms with E-state index in [0.29, 0.717) is 5.22 Å². The summed E-state index contributed by atoms with van der Waals surface area (Å²) in [6, 6.07) is 0. The highest BCUT2D eigenvalue weighted by Crippen LogP contribution is 2.41. The zero-order valence-electron chi connectivity index (χ0n) is 14.8. The van der Waals surface area contributed by atoms with Gasteiger partial charge in [0.1, 0.15) is 16.2 Å². The Kier molecular flexibility index (Phi) is 4.42. The van der Waals surface area contributed by atoms with Crippen LogP contribution in [0.3, 0.4) is 0 Å². The number of thiophene rings is 1. The lowest BCUT2D eigenvalue weighted by atomic mass is 9.89. The summed E-state index contributed by atoms with van der Waals surface area (Å²) in [5.74, 6) is 1.49. The Bertz CT molecular complexity index is 931. The Hall–Kier alpha value is -1.51. The molecule has 0 radical (unpaired) electrons. The second-order valence-corrected chi connectivity index (χ2v) is 9.43. The highest BCUT2D eigenvalue weighted by Gasteiger charge is 2.24. The van der Waals surface area contributed by atoms with Gasteiger partial charge in [0.25, 0.3) is 11.1 Å². The van der Waals surface area contributed by atoms with Crippen LogP contribution in [0.5, 0.6) is 0 Å². The molecule has 1 N–H and O–H groups in total. The molecule has 4 heterocycles. The van der Waals surface area contributed by atoms with Crippen LogP contribution in [0.4, 0.5) is 0 Å². The van der Waals surface area contributed by atoms with E-state index in [-0.39, 0.29) is 0 Å². The molecular weight excluding hydrogens is 366 g/mol. The fraction of sp³-hybridized carbons (Fsp3) is 0.556. The van der Waals surface area contributed by atoms with Crippen LogP contribution >= 0.6 is 23.1 Å². The minimum Gasteiger partial charge on any atom is -0.410 e. The molecular formula is C18H22N5OS2+. The maximum atomic E-state index is 5.90. The average Bonchev–Trinajstić information content (AvgIpc) is 3.35. The van der Waals surface area contributed by atoms with Crippen molar-refractivity contribution in [2.75, 3.05) is 13.1 Å². The van der Waals surface area contributed by atoms with E-state index in [4.69, 9.17) is 4.42 Å². The third kappa shape index (κ3) is 3.14. The van der Waals surface area contributed by atoms with Crippen LogP contribution in [0, 0.1) is 5.92 Å². The molecule has 0 aromatic carbocycles. The first-order valence-electron chi connectivity index (χ1n) is 9.35. The van der Waals surface area contributed by atoms with Gasteiger partial charge >= 0.3 is 0 Å². The summed E-state index contributed by atoms with van der Waals surface area (Å²) < 4.78 is 5.90. The third-order valence-electron chi connectivity index (χ3n) is 5.40. The second kappa shape index (κ2) is 6.90. The van der Waals surface area contributed by atoms with Gasteiger partial charge in [-0.05, 0) is 42.5 Å². The van der Waals surface area contributed by atoms with Crippen molar-refractivity contribution in [2.24, 2.45) is 5.92 Å². The number of hydrogen-bond acceptors (Lipinski definition) is 7. The molecule has 1 atom stereocenters. The van der Waals surface area contributed by atoms with Crippen molar-refractivity contribution in [3.05, 3.63) is 22.7 Å². The number of nitrogens with one attached hydrogen (secondary N) is 1. The first-order valence-corrected chi connectivity index (χ1v) is 11.0. The lowest BCUT2D eigenvalue weighted by Gasteiger charge is -2.17. The van der Waals surface area contributed by atoms with Crippen molar-refractivity contribution in [1.29, 1.82) is 0 Å². The van der Waals surface area contributed by atoms with Crippen molar-refractivity contribution >= 4 is 33.3 Å². The Balaban J connectivity index is 1.42. The predicted octanol–water partition coefficient (Wildman–Crippen LogP) is 2.53. The highest BCUT2D eigenvalue weighted by atomic mass is 32.2. The number of fused-ring (bicyclic) bond motifs is 3. The van der Waals surface area contributed by atoms with Gasteiger partial charge in [-0.15, -0.1) is 21.5 Å². The summed E-state index contributed by atoms with van der Waals surface area (Å²) in [6.45, 7) is 5.57. The van der Waals surface area contributed by atoms with Gasteiger partial charge in [-0.25, -0.2) is 9.97 Å². The summed E-state index contributed by atoms with van der Waals surface area (Å²) in [4.78, 5) is 13.2. The summed E-state index contributed by atoms with van der Waals surface area (Å²) in [5.41, 5.74) is 1.44. The monoisotopic (exact) mass is 388 g/mol. The van der Waals surface area contributed by atoms with Gasteiger partial charge in [-0.3, -0.25) is 0 Å². The Morgan fingerprint density at radius 3 is 3.04 bits per heavy atom. The van der Waals surface area contributed by atoms with Crippen molar-refractivity contribution < 1.29 is 9.32 Å². The number of nitrogens with zero attached hydrogens (tertiary/aromatic N) is 4. The van der Waals surface area contributed by atoms with Gasteiger partial charge in [0, 0.05) is 23.1 Å². The molecule has 3 aromatic heterocycles. The molecule has 8 heteroatoms. The number of aromatic nitrogens is 4. The van der Waals surface area contributed by atoms with Crippen LogP contribution in [-0.4, -0.2) is 33.3 Å². The standard InChI is InChI=1S/C18H21N5OS2/c1-11-4-5-12-13(8-11)25-16-15(12)17(20-10-19-16)26-18-22-21-14(24-18)9-23-6-2-3-7-23/h10-11H,2-9H2,1H3/p+1/t11-/m1/s1. The summed E-state index contributed by atoms with van der Waals surface area (Å²) in [7, 11) is 0. The highest BCUT2D eigenvalue weighted by molar-refractivity contribution is 7.99.